The van der Waals surface area contributed by atoms with Crippen LogP contribution in [-0.4, -0.2) is 16.9 Å². The number of aliphatic hydroxyl groups excluding tert-OH is 1. The van der Waals surface area contributed by atoms with E-state index in [1.165, 1.54) is 0 Å². The molecule has 3 aromatic rings. The highest BCUT2D eigenvalue weighted by molar-refractivity contribution is 6.30. The molecule has 0 amide bonds. The highest BCUT2D eigenvalue weighted by Crippen LogP contribution is 2.50. The van der Waals surface area contributed by atoms with Crippen LogP contribution in [0.2, 0.25) is 5.02 Å². The quantitative estimate of drug-likeness (QED) is 0.343. The van der Waals surface area contributed by atoms with Crippen LogP contribution < -0.4 is 0 Å². The Morgan fingerprint density at radius 1 is 1.00 bits per heavy atom. The summed E-state index contributed by atoms with van der Waals surface area (Å²) in [6.45, 7) is 0.0171. The topological polar surface area (TPSA) is 87.4 Å². The molecule has 1 aliphatic carbocycles. The number of carbonyl (C=O) groups is 2. The Balaban J connectivity index is 1.72. The standard InChI is InChI=1S/C28H22ClNO4/c29-22-13-11-21(12-14-22)26(32)28(18-30)16-23(27(33)34-17-19-7-3-1-4-8-19)25(31)15-24(28)20-9-5-2-6-10-20/h1-14,24,31H,15-17H2/t24-,28-/m0/s1. The number of benzene rings is 3. The smallest absolute Gasteiger partial charge is 0.337 e. The third-order valence-corrected chi connectivity index (χ3v) is 6.42. The number of halogens is 1. The van der Waals surface area contributed by atoms with Crippen molar-refractivity contribution < 1.29 is 19.4 Å². The second-order valence-electron chi connectivity index (χ2n) is 8.25. The van der Waals surface area contributed by atoms with Crippen LogP contribution in [0.3, 0.4) is 0 Å². The number of ketones is 1. The van der Waals surface area contributed by atoms with E-state index in [2.05, 4.69) is 6.07 Å². The Hall–Kier alpha value is -3.88. The summed E-state index contributed by atoms with van der Waals surface area (Å²) in [4.78, 5) is 26.7. The van der Waals surface area contributed by atoms with Gasteiger partial charge in [-0.2, -0.15) is 5.26 Å². The van der Waals surface area contributed by atoms with Crippen molar-refractivity contribution in [2.45, 2.75) is 25.4 Å². The van der Waals surface area contributed by atoms with Crippen molar-refractivity contribution in [2.75, 3.05) is 0 Å². The third kappa shape index (κ3) is 4.59. The molecule has 6 heteroatoms. The number of hydrogen-bond donors (Lipinski definition) is 1. The highest BCUT2D eigenvalue weighted by Gasteiger charge is 2.52. The van der Waals surface area contributed by atoms with Crippen LogP contribution in [-0.2, 0) is 16.1 Å². The number of nitriles is 1. The number of nitrogens with zero attached hydrogens (tertiary/aromatic N) is 1. The molecule has 0 saturated heterocycles. The van der Waals surface area contributed by atoms with Crippen LogP contribution in [0, 0.1) is 16.7 Å². The fraction of sp³-hybridized carbons (Fsp3) is 0.179. The summed E-state index contributed by atoms with van der Waals surface area (Å²) in [5.41, 5.74) is 0.173. The maximum Gasteiger partial charge on any atom is 0.337 e. The molecule has 5 nitrogen and oxygen atoms in total. The lowest BCUT2D eigenvalue weighted by atomic mass is 9.61. The van der Waals surface area contributed by atoms with E-state index in [1.807, 2.05) is 60.7 Å². The summed E-state index contributed by atoms with van der Waals surface area (Å²) in [6, 6.07) is 26.8. The Kier molecular flexibility index (Phi) is 6.81. The van der Waals surface area contributed by atoms with E-state index in [9.17, 15) is 20.0 Å². The van der Waals surface area contributed by atoms with Gasteiger partial charge >= 0.3 is 5.97 Å². The number of Topliss-reactive ketones (excluding diaryl/α,β-unsaturated/α-hetero) is 1. The minimum atomic E-state index is -1.61. The monoisotopic (exact) mass is 471 g/mol. The van der Waals surface area contributed by atoms with Gasteiger partial charge in [-0.1, -0.05) is 72.3 Å². The van der Waals surface area contributed by atoms with E-state index in [-0.39, 0.29) is 30.8 Å². The lowest BCUT2D eigenvalue weighted by molar-refractivity contribution is -0.141. The number of allylic oxidation sites excluding steroid dienone is 1. The van der Waals surface area contributed by atoms with Gasteiger partial charge in [-0.15, -0.1) is 0 Å². The molecule has 0 aliphatic heterocycles. The van der Waals surface area contributed by atoms with Crippen LogP contribution in [0.15, 0.2) is 96.3 Å². The summed E-state index contributed by atoms with van der Waals surface area (Å²) >= 11 is 5.99. The summed E-state index contributed by atoms with van der Waals surface area (Å²) < 4.78 is 5.42. The van der Waals surface area contributed by atoms with Gasteiger partial charge in [-0.05, 0) is 35.4 Å². The minimum absolute atomic E-state index is 0.0171. The van der Waals surface area contributed by atoms with Crippen LogP contribution in [0.4, 0.5) is 0 Å². The van der Waals surface area contributed by atoms with E-state index in [0.29, 0.717) is 10.6 Å². The Bertz CT molecular complexity index is 1260. The van der Waals surface area contributed by atoms with E-state index < -0.39 is 23.1 Å². The molecule has 0 fully saturated rings. The minimum Gasteiger partial charge on any atom is -0.512 e. The predicted molar refractivity (Wildman–Crippen MR) is 128 cm³/mol. The molecule has 0 bridgehead atoms. The van der Waals surface area contributed by atoms with Gasteiger partial charge in [0.05, 0.1) is 11.6 Å². The van der Waals surface area contributed by atoms with Crippen LogP contribution in [0.5, 0.6) is 0 Å². The molecule has 1 aliphatic rings. The molecule has 0 spiro atoms. The predicted octanol–water partition coefficient (Wildman–Crippen LogP) is 6.17. The molecule has 4 rings (SSSR count). The number of esters is 1. The average Bonchev–Trinajstić information content (AvgIpc) is 2.88. The molecular formula is C28H22ClNO4. The molecule has 0 saturated carbocycles. The highest BCUT2D eigenvalue weighted by atomic mass is 35.5. The van der Waals surface area contributed by atoms with E-state index >= 15 is 0 Å². The van der Waals surface area contributed by atoms with E-state index in [4.69, 9.17) is 16.3 Å². The number of ether oxygens (including phenoxy) is 1. The van der Waals surface area contributed by atoms with Crippen molar-refractivity contribution in [1.29, 1.82) is 5.26 Å². The summed E-state index contributed by atoms with van der Waals surface area (Å²) in [5, 5.41) is 21.7. The number of rotatable bonds is 6. The van der Waals surface area contributed by atoms with Gasteiger partial charge in [0.15, 0.2) is 5.78 Å². The second-order valence-corrected chi connectivity index (χ2v) is 8.69. The van der Waals surface area contributed by atoms with Crippen molar-refractivity contribution >= 4 is 23.4 Å². The molecule has 0 unspecified atom stereocenters. The molecular weight excluding hydrogens is 450 g/mol. The molecule has 34 heavy (non-hydrogen) atoms. The average molecular weight is 472 g/mol. The summed E-state index contributed by atoms with van der Waals surface area (Å²) in [7, 11) is 0. The van der Waals surface area contributed by atoms with Crippen molar-refractivity contribution in [3.8, 4) is 6.07 Å². The van der Waals surface area contributed by atoms with Crippen LogP contribution >= 0.6 is 11.6 Å². The number of carbonyl (C=O) groups excluding carboxylic acids is 2. The van der Waals surface area contributed by atoms with Gasteiger partial charge in [0, 0.05) is 29.3 Å². The van der Waals surface area contributed by atoms with Gasteiger partial charge in [-0.25, -0.2) is 4.79 Å². The first-order valence-corrected chi connectivity index (χ1v) is 11.2. The van der Waals surface area contributed by atoms with Crippen molar-refractivity contribution in [3.63, 3.8) is 0 Å². The number of aliphatic hydroxyl groups is 1. The molecule has 0 aromatic heterocycles. The molecule has 3 aromatic carbocycles. The van der Waals surface area contributed by atoms with Gasteiger partial charge < -0.3 is 9.84 Å². The summed E-state index contributed by atoms with van der Waals surface area (Å²) in [5.74, 6) is -1.98. The first-order chi connectivity index (χ1) is 16.4. The molecule has 170 valence electrons. The third-order valence-electron chi connectivity index (χ3n) is 6.17. The van der Waals surface area contributed by atoms with Crippen LogP contribution in [0.1, 0.15) is 40.2 Å². The van der Waals surface area contributed by atoms with Crippen molar-refractivity contribution in [3.05, 3.63) is 118 Å². The van der Waals surface area contributed by atoms with E-state index in [0.717, 1.165) is 11.1 Å². The Labute approximate surface area is 202 Å². The first-order valence-electron chi connectivity index (χ1n) is 10.8. The van der Waals surface area contributed by atoms with Crippen molar-refractivity contribution in [2.24, 2.45) is 5.41 Å². The molecule has 0 heterocycles. The fourth-order valence-electron chi connectivity index (χ4n) is 4.35. The number of hydrogen-bond acceptors (Lipinski definition) is 5. The van der Waals surface area contributed by atoms with Crippen LogP contribution in [0.25, 0.3) is 0 Å². The molecule has 2 atom stereocenters. The van der Waals surface area contributed by atoms with Gasteiger partial charge in [-0.3, -0.25) is 4.79 Å². The van der Waals surface area contributed by atoms with Gasteiger partial charge in [0.1, 0.15) is 17.8 Å². The normalized spacial score (nSPS) is 19.8. The van der Waals surface area contributed by atoms with Gasteiger partial charge in [0.2, 0.25) is 0 Å². The lowest BCUT2D eigenvalue weighted by Gasteiger charge is -2.38. The zero-order valence-electron chi connectivity index (χ0n) is 18.3. The Morgan fingerprint density at radius 2 is 1.62 bits per heavy atom. The molecule has 0 radical (unpaired) electrons. The lowest BCUT2D eigenvalue weighted by Crippen LogP contribution is -2.41. The molecule has 1 N–H and O–H groups in total. The largest absolute Gasteiger partial charge is 0.512 e. The summed E-state index contributed by atoms with van der Waals surface area (Å²) in [6.07, 6.45) is -0.295. The first kappa shape index (κ1) is 23.3. The van der Waals surface area contributed by atoms with E-state index in [1.54, 1.807) is 24.3 Å². The zero-order valence-corrected chi connectivity index (χ0v) is 19.0. The maximum atomic E-state index is 13.8. The second kappa shape index (κ2) is 9.94. The van der Waals surface area contributed by atoms with Gasteiger partial charge in [0.25, 0.3) is 0 Å². The Morgan fingerprint density at radius 3 is 2.24 bits per heavy atom. The maximum absolute atomic E-state index is 13.8. The zero-order chi connectivity index (χ0) is 24.1. The fourth-order valence-corrected chi connectivity index (χ4v) is 4.47. The van der Waals surface area contributed by atoms with Crippen molar-refractivity contribution in [1.82, 2.24) is 0 Å². The SMILES string of the molecule is N#C[C@@]1(C(=O)c2ccc(Cl)cc2)CC(C(=O)OCc2ccccc2)=C(O)C[C@H]1c1ccccc1.